The zero-order chi connectivity index (χ0) is 18.5. The molecule has 1 atom stereocenters. The second kappa shape index (κ2) is 8.66. The normalized spacial score (nSPS) is 15.6. The molecule has 0 aliphatic carbocycles. The lowest BCUT2D eigenvalue weighted by Gasteiger charge is -2.27. The molecule has 2 N–H and O–H groups in total. The highest BCUT2D eigenvalue weighted by molar-refractivity contribution is 7.08. The number of anilines is 1. The molecule has 1 aliphatic rings. The highest BCUT2D eigenvalue weighted by Gasteiger charge is 2.25. The fourth-order valence-corrected chi connectivity index (χ4v) is 4.05. The Morgan fingerprint density at radius 1 is 1.23 bits per heavy atom. The molecular weight excluding hydrogens is 370 g/mol. The summed E-state index contributed by atoms with van der Waals surface area (Å²) in [5.74, 6) is -1.32. The van der Waals surface area contributed by atoms with Gasteiger partial charge in [-0.2, -0.15) is 11.3 Å². The summed E-state index contributed by atoms with van der Waals surface area (Å²) in [6.07, 6.45) is 2.34. The molecule has 26 heavy (non-hydrogen) atoms. The van der Waals surface area contributed by atoms with Crippen LogP contribution < -0.4 is 10.6 Å². The molecule has 3 rings (SSSR count). The van der Waals surface area contributed by atoms with Gasteiger partial charge in [0.1, 0.15) is 0 Å². The van der Waals surface area contributed by atoms with E-state index in [1.54, 1.807) is 36.5 Å². The van der Waals surface area contributed by atoms with Gasteiger partial charge in [-0.15, -0.1) is 0 Å². The first-order chi connectivity index (χ1) is 12.6. The Bertz CT molecular complexity index is 773. The maximum Gasteiger partial charge on any atom is 0.313 e. The van der Waals surface area contributed by atoms with E-state index in [1.807, 2.05) is 5.38 Å². The number of thiophene rings is 1. The molecular formula is C19H22ClN3O2S. The summed E-state index contributed by atoms with van der Waals surface area (Å²) in [5, 5.41) is 10.1. The summed E-state index contributed by atoms with van der Waals surface area (Å²) in [6, 6.07) is 7.39. The number of likely N-dealkylation sites (tertiary alicyclic amines) is 1. The number of carbonyl (C=O) groups is 2. The van der Waals surface area contributed by atoms with Crippen LogP contribution >= 0.6 is 22.9 Å². The molecule has 1 aromatic carbocycles. The summed E-state index contributed by atoms with van der Waals surface area (Å²) in [7, 11) is 0. The molecule has 138 valence electrons. The zero-order valence-electron chi connectivity index (χ0n) is 14.6. The van der Waals surface area contributed by atoms with Crippen LogP contribution in [-0.2, 0) is 9.59 Å². The van der Waals surface area contributed by atoms with E-state index in [9.17, 15) is 9.59 Å². The van der Waals surface area contributed by atoms with Gasteiger partial charge in [-0.3, -0.25) is 14.5 Å². The van der Waals surface area contributed by atoms with Crippen molar-refractivity contribution in [1.82, 2.24) is 10.2 Å². The Hall–Kier alpha value is -1.89. The van der Waals surface area contributed by atoms with Crippen LogP contribution in [0.15, 0.2) is 35.0 Å². The predicted octanol–water partition coefficient (Wildman–Crippen LogP) is 3.60. The number of benzene rings is 1. The van der Waals surface area contributed by atoms with E-state index in [1.165, 1.54) is 18.4 Å². The van der Waals surface area contributed by atoms with E-state index in [0.29, 0.717) is 17.3 Å². The highest BCUT2D eigenvalue weighted by Crippen LogP contribution is 2.26. The third kappa shape index (κ3) is 4.44. The fourth-order valence-electron chi connectivity index (χ4n) is 3.17. The van der Waals surface area contributed by atoms with E-state index in [2.05, 4.69) is 27.0 Å². The molecule has 2 heterocycles. The molecule has 0 radical (unpaired) electrons. The van der Waals surface area contributed by atoms with E-state index in [4.69, 9.17) is 11.6 Å². The number of halogens is 1. The summed E-state index contributed by atoms with van der Waals surface area (Å²) in [4.78, 5) is 26.8. The van der Waals surface area contributed by atoms with Gasteiger partial charge in [0.15, 0.2) is 0 Å². The third-order valence-corrected chi connectivity index (χ3v) is 5.80. The summed E-state index contributed by atoms with van der Waals surface area (Å²) >= 11 is 7.69. The minimum atomic E-state index is -0.680. The van der Waals surface area contributed by atoms with Crippen LogP contribution in [0.1, 0.15) is 30.0 Å². The van der Waals surface area contributed by atoms with Crippen LogP contribution in [0.25, 0.3) is 0 Å². The van der Waals surface area contributed by atoms with Crippen LogP contribution in [0.4, 0.5) is 5.69 Å². The molecule has 1 aliphatic heterocycles. The third-order valence-electron chi connectivity index (χ3n) is 4.69. The second-order valence-corrected chi connectivity index (χ2v) is 7.58. The topological polar surface area (TPSA) is 61.4 Å². The van der Waals surface area contributed by atoms with Crippen molar-refractivity contribution in [2.75, 3.05) is 25.0 Å². The van der Waals surface area contributed by atoms with Crippen molar-refractivity contribution in [2.45, 2.75) is 25.8 Å². The van der Waals surface area contributed by atoms with Gasteiger partial charge in [0, 0.05) is 17.3 Å². The van der Waals surface area contributed by atoms with Gasteiger partial charge < -0.3 is 10.6 Å². The highest BCUT2D eigenvalue weighted by atomic mass is 35.5. The SMILES string of the molecule is Cc1c(Cl)cccc1NC(=O)C(=O)NCC(c1ccsc1)N1CCCC1. The van der Waals surface area contributed by atoms with Crippen molar-refractivity contribution in [2.24, 2.45) is 0 Å². The average Bonchev–Trinajstić information content (AvgIpc) is 3.33. The molecule has 1 saturated heterocycles. The Labute approximate surface area is 162 Å². The summed E-state index contributed by atoms with van der Waals surface area (Å²) in [5.41, 5.74) is 2.47. The Balaban J connectivity index is 1.61. The number of hydrogen-bond acceptors (Lipinski definition) is 4. The molecule has 0 bridgehead atoms. The Morgan fingerprint density at radius 2 is 2.00 bits per heavy atom. The van der Waals surface area contributed by atoms with Crippen molar-refractivity contribution in [3.63, 3.8) is 0 Å². The molecule has 1 fully saturated rings. The largest absolute Gasteiger partial charge is 0.346 e. The first-order valence-corrected chi connectivity index (χ1v) is 9.99. The molecule has 5 nitrogen and oxygen atoms in total. The fraction of sp³-hybridized carbons (Fsp3) is 0.368. The van der Waals surface area contributed by atoms with Crippen LogP contribution in [-0.4, -0.2) is 36.3 Å². The first kappa shape index (κ1) is 18.9. The van der Waals surface area contributed by atoms with E-state index in [0.717, 1.165) is 18.7 Å². The van der Waals surface area contributed by atoms with E-state index in [-0.39, 0.29) is 6.04 Å². The van der Waals surface area contributed by atoms with E-state index >= 15 is 0 Å². The quantitative estimate of drug-likeness (QED) is 0.765. The van der Waals surface area contributed by atoms with E-state index < -0.39 is 11.8 Å². The minimum absolute atomic E-state index is 0.105. The maximum absolute atomic E-state index is 12.3. The van der Waals surface area contributed by atoms with Crippen molar-refractivity contribution < 1.29 is 9.59 Å². The van der Waals surface area contributed by atoms with Gasteiger partial charge in [0.05, 0.1) is 6.04 Å². The van der Waals surface area contributed by atoms with Gasteiger partial charge in [-0.05, 0) is 72.9 Å². The van der Waals surface area contributed by atoms with Gasteiger partial charge >= 0.3 is 11.8 Å². The number of nitrogens with one attached hydrogen (secondary N) is 2. The lowest BCUT2D eigenvalue weighted by Crippen LogP contribution is -2.41. The monoisotopic (exact) mass is 391 g/mol. The van der Waals surface area contributed by atoms with Crippen molar-refractivity contribution in [1.29, 1.82) is 0 Å². The Kier molecular flexibility index (Phi) is 6.29. The van der Waals surface area contributed by atoms with Crippen molar-refractivity contribution in [3.8, 4) is 0 Å². The van der Waals surface area contributed by atoms with Gasteiger partial charge in [-0.1, -0.05) is 17.7 Å². The molecule has 2 aromatic rings. The van der Waals surface area contributed by atoms with Gasteiger partial charge in [0.25, 0.3) is 0 Å². The predicted molar refractivity (Wildman–Crippen MR) is 106 cm³/mol. The number of rotatable bonds is 5. The molecule has 1 unspecified atom stereocenters. The zero-order valence-corrected chi connectivity index (χ0v) is 16.2. The lowest BCUT2D eigenvalue weighted by molar-refractivity contribution is -0.136. The standard InChI is InChI=1S/C19H22ClN3O2S/c1-13-15(20)5-4-6-16(13)22-19(25)18(24)21-11-17(14-7-10-26-12-14)23-8-2-3-9-23/h4-7,10,12,17H,2-3,8-9,11H2,1H3,(H,21,24)(H,22,25). The summed E-state index contributed by atoms with van der Waals surface area (Å²) < 4.78 is 0. The smallest absolute Gasteiger partial charge is 0.313 e. The molecule has 7 heteroatoms. The molecule has 1 aromatic heterocycles. The van der Waals surface area contributed by atoms with Crippen molar-refractivity contribution >= 4 is 40.4 Å². The molecule has 0 spiro atoms. The minimum Gasteiger partial charge on any atom is -0.346 e. The number of hydrogen-bond donors (Lipinski definition) is 2. The Morgan fingerprint density at radius 3 is 2.69 bits per heavy atom. The van der Waals surface area contributed by atoms with Gasteiger partial charge in [0.2, 0.25) is 0 Å². The number of carbonyl (C=O) groups excluding carboxylic acids is 2. The average molecular weight is 392 g/mol. The second-order valence-electron chi connectivity index (χ2n) is 6.39. The summed E-state index contributed by atoms with van der Waals surface area (Å²) in [6.45, 7) is 4.25. The number of nitrogens with zero attached hydrogens (tertiary/aromatic N) is 1. The van der Waals surface area contributed by atoms with Crippen LogP contribution in [0, 0.1) is 6.92 Å². The molecule has 0 saturated carbocycles. The first-order valence-electron chi connectivity index (χ1n) is 8.66. The van der Waals surface area contributed by atoms with Crippen LogP contribution in [0.3, 0.4) is 0 Å². The lowest BCUT2D eigenvalue weighted by atomic mass is 10.1. The molecule has 2 amide bonds. The van der Waals surface area contributed by atoms with Crippen LogP contribution in [0.2, 0.25) is 5.02 Å². The maximum atomic E-state index is 12.3. The van der Waals surface area contributed by atoms with Crippen molar-refractivity contribution in [3.05, 3.63) is 51.2 Å². The van der Waals surface area contributed by atoms with Gasteiger partial charge in [-0.25, -0.2) is 0 Å². The number of amides is 2. The van der Waals surface area contributed by atoms with Crippen LogP contribution in [0.5, 0.6) is 0 Å².